The number of halogens is 1. The molecule has 4 nitrogen and oxygen atoms in total. The van der Waals surface area contributed by atoms with Gasteiger partial charge < -0.3 is 11.1 Å². The van der Waals surface area contributed by atoms with Crippen LogP contribution in [0.4, 0.5) is 5.69 Å². The van der Waals surface area contributed by atoms with Gasteiger partial charge in [-0.1, -0.05) is 24.6 Å². The van der Waals surface area contributed by atoms with Gasteiger partial charge in [0.2, 0.25) is 5.91 Å². The van der Waals surface area contributed by atoms with Gasteiger partial charge in [-0.15, -0.1) is 0 Å². The van der Waals surface area contributed by atoms with Crippen LogP contribution in [0.5, 0.6) is 0 Å². The Kier molecular flexibility index (Phi) is 4.45. The molecule has 1 amide bonds. The standard InChI is InChI=1S/C14H20ClN3O/c1-9-6-18(7-12(9)16)8-14(19)17-13-5-3-4-11(15)10(13)2/h3-5,9,12H,6-8,16H2,1-2H3,(H,17,19). The molecule has 0 saturated carbocycles. The lowest BCUT2D eigenvalue weighted by molar-refractivity contribution is -0.117. The number of nitrogens with one attached hydrogen (secondary N) is 1. The number of amides is 1. The summed E-state index contributed by atoms with van der Waals surface area (Å²) >= 11 is 6.03. The minimum Gasteiger partial charge on any atom is -0.326 e. The number of anilines is 1. The van der Waals surface area contributed by atoms with Crippen molar-refractivity contribution in [3.8, 4) is 0 Å². The van der Waals surface area contributed by atoms with Crippen LogP contribution in [0.1, 0.15) is 12.5 Å². The lowest BCUT2D eigenvalue weighted by Crippen LogP contribution is -2.33. The van der Waals surface area contributed by atoms with Gasteiger partial charge in [-0.3, -0.25) is 9.69 Å². The summed E-state index contributed by atoms with van der Waals surface area (Å²) in [7, 11) is 0. The van der Waals surface area contributed by atoms with Crippen LogP contribution in [0.2, 0.25) is 5.02 Å². The first-order valence-corrected chi connectivity index (χ1v) is 6.88. The van der Waals surface area contributed by atoms with Crippen molar-refractivity contribution in [1.82, 2.24) is 4.90 Å². The largest absolute Gasteiger partial charge is 0.326 e. The minimum atomic E-state index is -0.0216. The van der Waals surface area contributed by atoms with Gasteiger partial charge in [0.05, 0.1) is 6.54 Å². The molecular formula is C14H20ClN3O. The Labute approximate surface area is 118 Å². The van der Waals surface area contributed by atoms with E-state index in [2.05, 4.69) is 17.1 Å². The fraction of sp³-hybridized carbons (Fsp3) is 0.500. The molecule has 19 heavy (non-hydrogen) atoms. The van der Waals surface area contributed by atoms with Crippen molar-refractivity contribution in [2.45, 2.75) is 19.9 Å². The van der Waals surface area contributed by atoms with Crippen molar-refractivity contribution in [1.29, 1.82) is 0 Å². The predicted molar refractivity (Wildman–Crippen MR) is 78.4 cm³/mol. The summed E-state index contributed by atoms with van der Waals surface area (Å²) in [5, 5.41) is 3.56. The van der Waals surface area contributed by atoms with Crippen molar-refractivity contribution in [2.75, 3.05) is 25.0 Å². The molecule has 1 aliphatic rings. The van der Waals surface area contributed by atoms with Gasteiger partial charge in [-0.05, 0) is 30.5 Å². The number of nitrogens with two attached hydrogens (primary N) is 1. The summed E-state index contributed by atoms with van der Waals surface area (Å²) in [5.41, 5.74) is 7.61. The van der Waals surface area contributed by atoms with Gasteiger partial charge in [0.15, 0.2) is 0 Å². The highest BCUT2D eigenvalue weighted by Gasteiger charge is 2.27. The molecule has 2 unspecified atom stereocenters. The molecule has 1 aromatic carbocycles. The van der Waals surface area contributed by atoms with Crippen molar-refractivity contribution < 1.29 is 4.79 Å². The molecule has 0 spiro atoms. The molecule has 1 heterocycles. The van der Waals surface area contributed by atoms with Crippen molar-refractivity contribution in [3.63, 3.8) is 0 Å². The smallest absolute Gasteiger partial charge is 0.238 e. The van der Waals surface area contributed by atoms with Crippen LogP contribution in [0.3, 0.4) is 0 Å². The van der Waals surface area contributed by atoms with E-state index in [0.717, 1.165) is 24.3 Å². The molecule has 0 aliphatic carbocycles. The molecule has 1 saturated heterocycles. The molecule has 2 atom stereocenters. The van der Waals surface area contributed by atoms with Gasteiger partial charge >= 0.3 is 0 Å². The number of carbonyl (C=O) groups excluding carboxylic acids is 1. The van der Waals surface area contributed by atoms with Crippen molar-refractivity contribution in [2.24, 2.45) is 11.7 Å². The van der Waals surface area contributed by atoms with Crippen LogP contribution < -0.4 is 11.1 Å². The Hall–Kier alpha value is -1.10. The predicted octanol–water partition coefficient (Wildman–Crippen LogP) is 1.87. The summed E-state index contributed by atoms with van der Waals surface area (Å²) in [6, 6.07) is 5.67. The van der Waals surface area contributed by atoms with E-state index in [4.69, 9.17) is 17.3 Å². The zero-order valence-corrected chi connectivity index (χ0v) is 12.1. The Balaban J connectivity index is 1.93. The Morgan fingerprint density at radius 1 is 1.53 bits per heavy atom. The second-order valence-corrected chi connectivity index (χ2v) is 5.70. The molecular weight excluding hydrogens is 262 g/mol. The summed E-state index contributed by atoms with van der Waals surface area (Å²) in [5.74, 6) is 0.423. The molecule has 1 aromatic rings. The van der Waals surface area contributed by atoms with E-state index in [0.29, 0.717) is 17.5 Å². The molecule has 0 radical (unpaired) electrons. The quantitative estimate of drug-likeness (QED) is 0.889. The van der Waals surface area contributed by atoms with Gasteiger partial charge in [0.1, 0.15) is 0 Å². The second-order valence-electron chi connectivity index (χ2n) is 5.30. The van der Waals surface area contributed by atoms with E-state index >= 15 is 0 Å². The summed E-state index contributed by atoms with van der Waals surface area (Å²) in [4.78, 5) is 14.1. The van der Waals surface area contributed by atoms with Crippen molar-refractivity contribution in [3.05, 3.63) is 28.8 Å². The van der Waals surface area contributed by atoms with Crippen LogP contribution >= 0.6 is 11.6 Å². The van der Waals surface area contributed by atoms with E-state index in [1.807, 2.05) is 25.1 Å². The maximum Gasteiger partial charge on any atom is 0.238 e. The molecule has 1 fully saturated rings. The summed E-state index contributed by atoms with van der Waals surface area (Å²) in [6.45, 7) is 6.05. The number of likely N-dealkylation sites (tertiary alicyclic amines) is 1. The third-order valence-corrected chi connectivity index (χ3v) is 4.06. The van der Waals surface area contributed by atoms with Crippen LogP contribution in [0.15, 0.2) is 18.2 Å². The number of carbonyl (C=O) groups is 1. The van der Waals surface area contributed by atoms with Crippen molar-refractivity contribution >= 4 is 23.2 Å². The minimum absolute atomic E-state index is 0.0216. The van der Waals surface area contributed by atoms with Crippen LogP contribution in [-0.2, 0) is 4.79 Å². The number of hydrogen-bond acceptors (Lipinski definition) is 3. The molecule has 1 aliphatic heterocycles. The topological polar surface area (TPSA) is 58.4 Å². The van der Waals surface area contributed by atoms with Gasteiger partial charge in [0, 0.05) is 29.8 Å². The molecule has 3 N–H and O–H groups in total. The van der Waals surface area contributed by atoms with Crippen LogP contribution in [0.25, 0.3) is 0 Å². The number of hydrogen-bond donors (Lipinski definition) is 2. The lowest BCUT2D eigenvalue weighted by atomic mass is 10.1. The maximum atomic E-state index is 12.0. The average Bonchev–Trinajstić information content (AvgIpc) is 2.64. The maximum absolute atomic E-state index is 12.0. The Morgan fingerprint density at radius 3 is 2.89 bits per heavy atom. The normalized spacial score (nSPS) is 23.6. The SMILES string of the molecule is Cc1c(Cl)cccc1NC(=O)CN1CC(C)C(N)C1. The van der Waals surface area contributed by atoms with Gasteiger partial charge in [0.25, 0.3) is 0 Å². The van der Waals surface area contributed by atoms with Crippen LogP contribution in [-0.4, -0.2) is 36.5 Å². The monoisotopic (exact) mass is 281 g/mol. The first kappa shape index (κ1) is 14.3. The number of rotatable bonds is 3. The van der Waals surface area contributed by atoms with E-state index in [1.54, 1.807) is 0 Å². The number of benzene rings is 1. The average molecular weight is 282 g/mol. The first-order valence-electron chi connectivity index (χ1n) is 6.50. The fourth-order valence-electron chi connectivity index (χ4n) is 2.36. The Bertz CT molecular complexity index is 468. The molecule has 104 valence electrons. The zero-order chi connectivity index (χ0) is 14.0. The highest BCUT2D eigenvalue weighted by molar-refractivity contribution is 6.31. The highest BCUT2D eigenvalue weighted by Crippen LogP contribution is 2.23. The summed E-state index contributed by atoms with van der Waals surface area (Å²) < 4.78 is 0. The Morgan fingerprint density at radius 2 is 2.26 bits per heavy atom. The van der Waals surface area contributed by atoms with E-state index < -0.39 is 0 Å². The molecule has 5 heteroatoms. The molecule has 0 bridgehead atoms. The van der Waals surface area contributed by atoms with E-state index in [-0.39, 0.29) is 11.9 Å². The fourth-order valence-corrected chi connectivity index (χ4v) is 2.53. The molecule has 2 rings (SSSR count). The van der Waals surface area contributed by atoms with Gasteiger partial charge in [-0.25, -0.2) is 0 Å². The number of nitrogens with zero attached hydrogens (tertiary/aromatic N) is 1. The van der Waals surface area contributed by atoms with Gasteiger partial charge in [-0.2, -0.15) is 0 Å². The highest BCUT2D eigenvalue weighted by atomic mass is 35.5. The third kappa shape index (κ3) is 3.47. The van der Waals surface area contributed by atoms with Crippen LogP contribution in [0, 0.1) is 12.8 Å². The molecule has 0 aromatic heterocycles. The lowest BCUT2D eigenvalue weighted by Gasteiger charge is -2.16. The second kappa shape index (κ2) is 5.90. The van der Waals surface area contributed by atoms with E-state index in [9.17, 15) is 4.79 Å². The van der Waals surface area contributed by atoms with E-state index in [1.165, 1.54) is 0 Å². The zero-order valence-electron chi connectivity index (χ0n) is 11.3. The third-order valence-electron chi connectivity index (χ3n) is 3.66. The first-order chi connectivity index (χ1) is 8.97. The summed E-state index contributed by atoms with van der Waals surface area (Å²) in [6.07, 6.45) is 0.